The van der Waals surface area contributed by atoms with Gasteiger partial charge in [0.15, 0.2) is 0 Å². The maximum Gasteiger partial charge on any atom is 0.326 e. The number of carbonyl (C=O) groups excluding carboxylic acids is 1. The fraction of sp³-hybridized carbons (Fsp3) is 0.130. The Morgan fingerprint density at radius 3 is 2.17 bits per heavy atom. The van der Waals surface area contributed by atoms with Crippen LogP contribution in [0.5, 0.6) is 5.75 Å². The molecule has 0 aliphatic rings. The largest absolute Gasteiger partial charge is 0.489 e. The second-order valence-corrected chi connectivity index (χ2v) is 6.93. The first kappa shape index (κ1) is 20.4. The summed E-state index contributed by atoms with van der Waals surface area (Å²) in [6.45, 7) is 0.453. The van der Waals surface area contributed by atoms with Crippen molar-refractivity contribution in [1.29, 1.82) is 0 Å². The number of carboxylic acids is 1. The zero-order valence-electron chi connectivity index (χ0n) is 15.5. The Morgan fingerprint density at radius 1 is 0.897 bits per heavy atom. The molecular weight excluding hydrogens is 390 g/mol. The number of hydrogen-bond acceptors (Lipinski definition) is 3. The standard InChI is InChI=1S/C23H20ClNO4/c24-19-10-8-18(9-11-19)22(26)25-21(23(27)28)14-16-6-12-20(13-7-16)29-15-17-4-2-1-3-5-17/h1-13,21H,14-15H2,(H,25,26)(H,27,28)/t21-/m0/s1. The number of benzene rings is 3. The van der Waals surface area contributed by atoms with E-state index in [0.717, 1.165) is 11.1 Å². The maximum absolute atomic E-state index is 12.3. The zero-order chi connectivity index (χ0) is 20.6. The summed E-state index contributed by atoms with van der Waals surface area (Å²) >= 11 is 5.81. The molecule has 0 spiro atoms. The summed E-state index contributed by atoms with van der Waals surface area (Å²) in [6, 6.07) is 22.2. The molecule has 6 heteroatoms. The van der Waals surface area contributed by atoms with Crippen LogP contribution < -0.4 is 10.1 Å². The van der Waals surface area contributed by atoms with Gasteiger partial charge in [0, 0.05) is 17.0 Å². The van der Waals surface area contributed by atoms with Gasteiger partial charge in [-0.05, 0) is 47.5 Å². The number of ether oxygens (including phenoxy) is 1. The van der Waals surface area contributed by atoms with Gasteiger partial charge in [-0.2, -0.15) is 0 Å². The first-order valence-corrected chi connectivity index (χ1v) is 9.44. The molecule has 2 N–H and O–H groups in total. The van der Waals surface area contributed by atoms with Crippen LogP contribution in [0.2, 0.25) is 5.02 Å². The smallest absolute Gasteiger partial charge is 0.326 e. The molecule has 1 atom stereocenters. The number of rotatable bonds is 8. The summed E-state index contributed by atoms with van der Waals surface area (Å²) in [5, 5.41) is 12.5. The van der Waals surface area contributed by atoms with Crippen LogP contribution in [0.1, 0.15) is 21.5 Å². The molecule has 0 saturated carbocycles. The van der Waals surface area contributed by atoms with Crippen molar-refractivity contribution in [3.8, 4) is 5.75 Å². The minimum Gasteiger partial charge on any atom is -0.489 e. The second kappa shape index (κ2) is 9.75. The van der Waals surface area contributed by atoms with Gasteiger partial charge in [-0.25, -0.2) is 4.79 Å². The third-order valence-corrected chi connectivity index (χ3v) is 4.57. The van der Waals surface area contributed by atoms with Gasteiger partial charge in [0.1, 0.15) is 18.4 Å². The minimum absolute atomic E-state index is 0.160. The van der Waals surface area contributed by atoms with Gasteiger partial charge in [0.2, 0.25) is 0 Å². The molecule has 0 heterocycles. The molecule has 29 heavy (non-hydrogen) atoms. The fourth-order valence-corrected chi connectivity index (χ4v) is 2.87. The van der Waals surface area contributed by atoms with Crippen molar-refractivity contribution in [2.24, 2.45) is 0 Å². The van der Waals surface area contributed by atoms with Crippen LogP contribution in [0.15, 0.2) is 78.9 Å². The van der Waals surface area contributed by atoms with Gasteiger partial charge >= 0.3 is 5.97 Å². The molecule has 0 radical (unpaired) electrons. The van der Waals surface area contributed by atoms with E-state index in [4.69, 9.17) is 16.3 Å². The van der Waals surface area contributed by atoms with E-state index in [-0.39, 0.29) is 6.42 Å². The summed E-state index contributed by atoms with van der Waals surface area (Å²) in [7, 11) is 0. The van der Waals surface area contributed by atoms with Crippen LogP contribution in [0, 0.1) is 0 Å². The predicted octanol–water partition coefficient (Wildman–Crippen LogP) is 4.34. The van der Waals surface area contributed by atoms with Crippen molar-refractivity contribution in [2.45, 2.75) is 19.1 Å². The van der Waals surface area contributed by atoms with Crippen molar-refractivity contribution in [2.75, 3.05) is 0 Å². The number of carboxylic acid groups (broad SMARTS) is 1. The summed E-state index contributed by atoms with van der Waals surface area (Å²) in [4.78, 5) is 23.9. The first-order valence-electron chi connectivity index (χ1n) is 9.06. The molecule has 0 fully saturated rings. The fourth-order valence-electron chi connectivity index (χ4n) is 2.74. The zero-order valence-corrected chi connectivity index (χ0v) is 16.3. The topological polar surface area (TPSA) is 75.6 Å². The predicted molar refractivity (Wildman–Crippen MR) is 111 cm³/mol. The van der Waals surface area contributed by atoms with E-state index in [1.807, 2.05) is 30.3 Å². The van der Waals surface area contributed by atoms with Crippen molar-refractivity contribution >= 4 is 23.5 Å². The lowest BCUT2D eigenvalue weighted by molar-refractivity contribution is -0.139. The van der Waals surface area contributed by atoms with Crippen LogP contribution in [0.25, 0.3) is 0 Å². The second-order valence-electron chi connectivity index (χ2n) is 6.49. The number of amides is 1. The third kappa shape index (κ3) is 6.09. The molecule has 0 aliphatic carbocycles. The molecule has 3 aromatic rings. The average Bonchev–Trinajstić information content (AvgIpc) is 2.74. The number of nitrogens with one attached hydrogen (secondary N) is 1. The quantitative estimate of drug-likeness (QED) is 0.580. The highest BCUT2D eigenvalue weighted by Crippen LogP contribution is 2.16. The highest BCUT2D eigenvalue weighted by atomic mass is 35.5. The Hall–Kier alpha value is -3.31. The lowest BCUT2D eigenvalue weighted by atomic mass is 10.1. The van der Waals surface area contributed by atoms with Crippen molar-refractivity contribution in [1.82, 2.24) is 5.32 Å². The Morgan fingerprint density at radius 2 is 1.55 bits per heavy atom. The Labute approximate surface area is 173 Å². The van der Waals surface area contributed by atoms with Crippen LogP contribution in [0.4, 0.5) is 0 Å². The minimum atomic E-state index is -1.10. The van der Waals surface area contributed by atoms with Crippen molar-refractivity contribution < 1.29 is 19.4 Å². The van der Waals surface area contributed by atoms with E-state index < -0.39 is 17.9 Å². The molecule has 3 rings (SSSR count). The van der Waals surface area contributed by atoms with Gasteiger partial charge in [-0.15, -0.1) is 0 Å². The first-order chi connectivity index (χ1) is 14.0. The number of carbonyl (C=O) groups is 2. The van der Waals surface area contributed by atoms with E-state index in [1.54, 1.807) is 48.5 Å². The summed E-state index contributed by atoms with van der Waals surface area (Å²) in [6.07, 6.45) is 0.160. The van der Waals surface area contributed by atoms with Gasteiger partial charge < -0.3 is 15.2 Å². The van der Waals surface area contributed by atoms with E-state index >= 15 is 0 Å². The number of hydrogen-bond donors (Lipinski definition) is 2. The molecule has 148 valence electrons. The lowest BCUT2D eigenvalue weighted by Gasteiger charge is -2.15. The summed E-state index contributed by atoms with van der Waals surface area (Å²) in [5.41, 5.74) is 2.19. The van der Waals surface area contributed by atoms with E-state index in [9.17, 15) is 14.7 Å². The Bertz CT molecular complexity index is 956. The molecule has 0 saturated heterocycles. The molecule has 0 aromatic heterocycles. The molecule has 1 amide bonds. The Balaban J connectivity index is 1.59. The van der Waals surface area contributed by atoms with Gasteiger partial charge in [0.05, 0.1) is 0 Å². The van der Waals surface area contributed by atoms with Crippen molar-refractivity contribution in [3.63, 3.8) is 0 Å². The SMILES string of the molecule is O=C(N[C@@H](Cc1ccc(OCc2ccccc2)cc1)C(=O)O)c1ccc(Cl)cc1. The molecular formula is C23H20ClNO4. The molecule has 0 bridgehead atoms. The number of aliphatic carboxylic acids is 1. The summed E-state index contributed by atoms with van der Waals surface area (Å²) in [5.74, 6) is -0.872. The monoisotopic (exact) mass is 409 g/mol. The van der Waals surface area contributed by atoms with Gasteiger partial charge in [0.25, 0.3) is 5.91 Å². The molecule has 5 nitrogen and oxygen atoms in total. The molecule has 0 aliphatic heterocycles. The van der Waals surface area contributed by atoms with Crippen LogP contribution in [-0.2, 0) is 17.8 Å². The van der Waals surface area contributed by atoms with Crippen LogP contribution >= 0.6 is 11.6 Å². The number of halogens is 1. The highest BCUT2D eigenvalue weighted by Gasteiger charge is 2.21. The summed E-state index contributed by atoms with van der Waals surface area (Å²) < 4.78 is 5.73. The van der Waals surface area contributed by atoms with E-state index in [0.29, 0.717) is 22.9 Å². The third-order valence-electron chi connectivity index (χ3n) is 4.32. The average molecular weight is 410 g/mol. The molecule has 0 unspecified atom stereocenters. The van der Waals surface area contributed by atoms with Crippen molar-refractivity contribution in [3.05, 3.63) is 101 Å². The lowest BCUT2D eigenvalue weighted by Crippen LogP contribution is -2.42. The molecule has 3 aromatic carbocycles. The highest BCUT2D eigenvalue weighted by molar-refractivity contribution is 6.30. The maximum atomic E-state index is 12.3. The van der Waals surface area contributed by atoms with Crippen LogP contribution in [-0.4, -0.2) is 23.0 Å². The Kier molecular flexibility index (Phi) is 6.87. The van der Waals surface area contributed by atoms with E-state index in [2.05, 4.69) is 5.32 Å². The van der Waals surface area contributed by atoms with Crippen LogP contribution in [0.3, 0.4) is 0 Å². The normalized spacial score (nSPS) is 11.5. The van der Waals surface area contributed by atoms with Gasteiger partial charge in [-0.1, -0.05) is 54.1 Å². The van der Waals surface area contributed by atoms with E-state index in [1.165, 1.54) is 0 Å². The van der Waals surface area contributed by atoms with Gasteiger partial charge in [-0.3, -0.25) is 4.79 Å².